The van der Waals surface area contributed by atoms with Gasteiger partial charge in [-0.25, -0.2) is 0 Å². The molecule has 1 saturated heterocycles. The zero-order chi connectivity index (χ0) is 13.7. The molecule has 1 fully saturated rings. The molecule has 0 aromatic heterocycles. The summed E-state index contributed by atoms with van der Waals surface area (Å²) in [6.07, 6.45) is 1.12. The lowest BCUT2D eigenvalue weighted by Crippen LogP contribution is -2.51. The SMILES string of the molecule is CC(C)CC(CNC(=O)C(C)C1CNC1)N(C)C.Cl.Cl. The van der Waals surface area contributed by atoms with Crippen molar-refractivity contribution in [3.05, 3.63) is 0 Å². The molecule has 1 heterocycles. The molecule has 122 valence electrons. The number of hydrogen-bond acceptors (Lipinski definition) is 3. The molecule has 1 amide bonds. The van der Waals surface area contributed by atoms with Crippen LogP contribution in [0.25, 0.3) is 0 Å². The van der Waals surface area contributed by atoms with E-state index in [4.69, 9.17) is 0 Å². The van der Waals surface area contributed by atoms with Crippen LogP contribution in [0.4, 0.5) is 0 Å². The zero-order valence-electron chi connectivity index (χ0n) is 13.3. The van der Waals surface area contributed by atoms with Gasteiger partial charge in [0.05, 0.1) is 0 Å². The maximum atomic E-state index is 12.0. The highest BCUT2D eigenvalue weighted by Gasteiger charge is 2.28. The Balaban J connectivity index is 0. The largest absolute Gasteiger partial charge is 0.354 e. The predicted octanol–water partition coefficient (Wildman–Crippen LogP) is 1.78. The van der Waals surface area contributed by atoms with Crippen LogP contribution in [-0.4, -0.2) is 50.6 Å². The van der Waals surface area contributed by atoms with Gasteiger partial charge in [0.1, 0.15) is 0 Å². The molecule has 0 bridgehead atoms. The van der Waals surface area contributed by atoms with E-state index in [0.717, 1.165) is 26.1 Å². The third-order valence-electron chi connectivity index (χ3n) is 3.92. The number of carbonyl (C=O) groups is 1. The summed E-state index contributed by atoms with van der Waals surface area (Å²) < 4.78 is 0. The molecule has 20 heavy (non-hydrogen) atoms. The number of likely N-dealkylation sites (N-methyl/N-ethyl adjacent to an activating group) is 1. The smallest absolute Gasteiger partial charge is 0.223 e. The van der Waals surface area contributed by atoms with Crippen molar-refractivity contribution in [2.45, 2.75) is 33.2 Å². The summed E-state index contributed by atoms with van der Waals surface area (Å²) in [4.78, 5) is 14.2. The number of halogens is 2. The number of rotatable bonds is 7. The van der Waals surface area contributed by atoms with Crippen molar-refractivity contribution < 1.29 is 4.79 Å². The van der Waals surface area contributed by atoms with Gasteiger partial charge >= 0.3 is 0 Å². The minimum Gasteiger partial charge on any atom is -0.354 e. The van der Waals surface area contributed by atoms with Gasteiger partial charge < -0.3 is 15.5 Å². The summed E-state index contributed by atoms with van der Waals surface area (Å²) in [5.41, 5.74) is 0. The van der Waals surface area contributed by atoms with Gasteiger partial charge in [-0.1, -0.05) is 20.8 Å². The second kappa shape index (κ2) is 10.7. The van der Waals surface area contributed by atoms with Gasteiger partial charge in [-0.3, -0.25) is 4.79 Å². The van der Waals surface area contributed by atoms with E-state index in [0.29, 0.717) is 17.9 Å². The molecule has 1 aliphatic rings. The maximum Gasteiger partial charge on any atom is 0.223 e. The van der Waals surface area contributed by atoms with Crippen LogP contribution in [0.1, 0.15) is 27.2 Å². The number of amides is 1. The van der Waals surface area contributed by atoms with Gasteiger partial charge in [0, 0.05) is 18.5 Å². The summed E-state index contributed by atoms with van der Waals surface area (Å²) in [6, 6.07) is 0.431. The van der Waals surface area contributed by atoms with Crippen molar-refractivity contribution in [1.29, 1.82) is 0 Å². The van der Waals surface area contributed by atoms with Crippen molar-refractivity contribution in [3.63, 3.8) is 0 Å². The highest BCUT2D eigenvalue weighted by Crippen LogP contribution is 2.16. The van der Waals surface area contributed by atoms with E-state index >= 15 is 0 Å². The van der Waals surface area contributed by atoms with Crippen LogP contribution in [0.2, 0.25) is 0 Å². The number of carbonyl (C=O) groups excluding carboxylic acids is 1. The third kappa shape index (κ3) is 7.11. The maximum absolute atomic E-state index is 12.0. The Morgan fingerprint density at radius 3 is 2.15 bits per heavy atom. The molecule has 2 unspecified atom stereocenters. The fourth-order valence-corrected chi connectivity index (χ4v) is 2.28. The van der Waals surface area contributed by atoms with Crippen molar-refractivity contribution >= 4 is 30.7 Å². The van der Waals surface area contributed by atoms with E-state index in [1.165, 1.54) is 0 Å². The third-order valence-corrected chi connectivity index (χ3v) is 3.92. The molecular weight excluding hydrogens is 297 g/mol. The summed E-state index contributed by atoms with van der Waals surface area (Å²) in [5, 5.41) is 6.33. The first-order valence-corrected chi connectivity index (χ1v) is 7.06. The Hall–Kier alpha value is -0.0300. The molecular formula is C14H31Cl2N3O. The molecule has 0 aromatic rings. The first-order valence-electron chi connectivity index (χ1n) is 7.06. The molecule has 1 aliphatic heterocycles. The van der Waals surface area contributed by atoms with Crippen LogP contribution < -0.4 is 10.6 Å². The first kappa shape index (κ1) is 22.3. The van der Waals surface area contributed by atoms with Crippen molar-refractivity contribution in [1.82, 2.24) is 15.5 Å². The topological polar surface area (TPSA) is 44.4 Å². The lowest BCUT2D eigenvalue weighted by Gasteiger charge is -2.32. The van der Waals surface area contributed by atoms with Gasteiger partial charge in [0.15, 0.2) is 0 Å². The fourth-order valence-electron chi connectivity index (χ4n) is 2.28. The fraction of sp³-hybridized carbons (Fsp3) is 0.929. The van der Waals surface area contributed by atoms with Crippen LogP contribution in [0.15, 0.2) is 0 Å². The quantitative estimate of drug-likeness (QED) is 0.749. The van der Waals surface area contributed by atoms with E-state index in [2.05, 4.69) is 43.5 Å². The Morgan fingerprint density at radius 2 is 1.80 bits per heavy atom. The highest BCUT2D eigenvalue weighted by atomic mass is 35.5. The van der Waals surface area contributed by atoms with E-state index in [9.17, 15) is 4.79 Å². The van der Waals surface area contributed by atoms with Gasteiger partial charge in [-0.05, 0) is 45.4 Å². The standard InChI is InChI=1S/C14H29N3O.2ClH/c1-10(2)6-13(17(4)5)9-16-14(18)11(3)12-7-15-8-12;;/h10-13,15H,6-9H2,1-5H3,(H,16,18);2*1H. The molecule has 1 rings (SSSR count). The Kier molecular flexibility index (Phi) is 11.9. The van der Waals surface area contributed by atoms with Crippen molar-refractivity contribution in [3.8, 4) is 0 Å². The molecule has 2 N–H and O–H groups in total. The normalized spacial score (nSPS) is 17.8. The Morgan fingerprint density at radius 1 is 1.25 bits per heavy atom. The second-order valence-electron chi connectivity index (χ2n) is 6.20. The Bertz CT molecular complexity index is 271. The van der Waals surface area contributed by atoms with Crippen LogP contribution in [0, 0.1) is 17.8 Å². The lowest BCUT2D eigenvalue weighted by molar-refractivity contribution is -0.126. The number of nitrogens with one attached hydrogen (secondary N) is 2. The first-order chi connectivity index (χ1) is 8.41. The van der Waals surface area contributed by atoms with Crippen LogP contribution in [0.3, 0.4) is 0 Å². The molecule has 0 aromatic carbocycles. The van der Waals surface area contributed by atoms with Crippen LogP contribution in [0.5, 0.6) is 0 Å². The highest BCUT2D eigenvalue weighted by molar-refractivity contribution is 5.85. The molecule has 2 atom stereocenters. The monoisotopic (exact) mass is 327 g/mol. The van der Waals surface area contributed by atoms with E-state index < -0.39 is 0 Å². The summed E-state index contributed by atoms with van der Waals surface area (Å²) in [5.74, 6) is 1.51. The summed E-state index contributed by atoms with van der Waals surface area (Å²) in [6.45, 7) is 9.21. The average molecular weight is 328 g/mol. The lowest BCUT2D eigenvalue weighted by atomic mass is 9.88. The number of hydrogen-bond donors (Lipinski definition) is 2. The molecule has 6 heteroatoms. The number of nitrogens with zero attached hydrogens (tertiary/aromatic N) is 1. The summed E-state index contributed by atoms with van der Waals surface area (Å²) >= 11 is 0. The van der Waals surface area contributed by atoms with Gasteiger partial charge in [0.2, 0.25) is 5.91 Å². The van der Waals surface area contributed by atoms with Gasteiger partial charge in [-0.15, -0.1) is 24.8 Å². The minimum absolute atomic E-state index is 0. The molecule has 0 aliphatic carbocycles. The molecule has 0 spiro atoms. The van der Waals surface area contributed by atoms with Gasteiger partial charge in [-0.2, -0.15) is 0 Å². The average Bonchev–Trinajstić information content (AvgIpc) is 2.20. The Labute approximate surface area is 136 Å². The van der Waals surface area contributed by atoms with Crippen molar-refractivity contribution in [2.24, 2.45) is 17.8 Å². The van der Waals surface area contributed by atoms with Crippen LogP contribution >= 0.6 is 24.8 Å². The molecule has 4 nitrogen and oxygen atoms in total. The van der Waals surface area contributed by atoms with E-state index in [-0.39, 0.29) is 36.6 Å². The van der Waals surface area contributed by atoms with Gasteiger partial charge in [0.25, 0.3) is 0 Å². The van der Waals surface area contributed by atoms with E-state index in [1.807, 2.05) is 6.92 Å². The summed E-state index contributed by atoms with van der Waals surface area (Å²) in [7, 11) is 4.16. The molecule has 0 saturated carbocycles. The van der Waals surface area contributed by atoms with Crippen LogP contribution in [-0.2, 0) is 4.79 Å². The zero-order valence-corrected chi connectivity index (χ0v) is 14.9. The van der Waals surface area contributed by atoms with E-state index in [1.54, 1.807) is 0 Å². The minimum atomic E-state index is 0. The predicted molar refractivity (Wildman–Crippen MR) is 90.0 cm³/mol. The molecule has 0 radical (unpaired) electrons. The van der Waals surface area contributed by atoms with Crippen molar-refractivity contribution in [2.75, 3.05) is 33.7 Å². The second-order valence-corrected chi connectivity index (χ2v) is 6.20.